The molecule has 1 aromatic heterocycles. The third kappa shape index (κ3) is 3.28. The number of aromatic nitrogens is 1. The van der Waals surface area contributed by atoms with Crippen LogP contribution in [0.2, 0.25) is 0 Å². The van der Waals surface area contributed by atoms with Crippen molar-refractivity contribution in [2.75, 3.05) is 13.7 Å². The van der Waals surface area contributed by atoms with Crippen LogP contribution in [0.15, 0.2) is 36.4 Å². The Morgan fingerprint density at radius 3 is 2.65 bits per heavy atom. The van der Waals surface area contributed by atoms with Gasteiger partial charge in [0.25, 0.3) is 11.8 Å². The highest BCUT2D eigenvalue weighted by molar-refractivity contribution is 6.42. The van der Waals surface area contributed by atoms with Crippen LogP contribution in [0.25, 0.3) is 0 Å². The van der Waals surface area contributed by atoms with Crippen molar-refractivity contribution in [2.24, 2.45) is 0 Å². The van der Waals surface area contributed by atoms with Gasteiger partial charge < -0.3 is 15.0 Å². The molecule has 1 aliphatic heterocycles. The number of pyridine rings is 1. The molecule has 3 rings (SSSR count). The summed E-state index contributed by atoms with van der Waals surface area (Å²) < 4.78 is 5.27. The number of carbonyl (C=O) groups is 3. The minimum atomic E-state index is -0.722. The molecule has 2 amide bonds. The van der Waals surface area contributed by atoms with Crippen LogP contribution in [0, 0.1) is 0 Å². The number of fused-ring (bicyclic) bond motifs is 1. The van der Waals surface area contributed by atoms with Gasteiger partial charge >= 0.3 is 0 Å². The molecular formula is C19H19N3O4. The predicted octanol–water partition coefficient (Wildman–Crippen LogP) is 1.56. The second-order valence-corrected chi connectivity index (χ2v) is 5.85. The van der Waals surface area contributed by atoms with E-state index in [-0.39, 0.29) is 12.5 Å². The smallest absolute Gasteiger partial charge is 0.292 e. The molecule has 0 fully saturated rings. The fourth-order valence-electron chi connectivity index (χ4n) is 2.84. The van der Waals surface area contributed by atoms with Crippen molar-refractivity contribution >= 4 is 17.6 Å². The first-order valence-corrected chi connectivity index (χ1v) is 8.28. The second kappa shape index (κ2) is 7.35. The topological polar surface area (TPSA) is 88.6 Å². The van der Waals surface area contributed by atoms with E-state index in [1.165, 1.54) is 7.11 Å². The highest BCUT2D eigenvalue weighted by atomic mass is 16.5. The minimum Gasteiger partial charge on any atom is -0.481 e. The zero-order chi connectivity index (χ0) is 18.7. The second-order valence-electron chi connectivity index (χ2n) is 5.85. The number of rotatable bonds is 6. The van der Waals surface area contributed by atoms with Crippen LogP contribution in [0.4, 0.5) is 0 Å². The van der Waals surface area contributed by atoms with Crippen LogP contribution in [-0.4, -0.2) is 41.1 Å². The standard InChI is InChI=1S/C19H19N3O4/c1-3-22-11-15-14(19(22)25)9-13(18(21-15)26-2)10-20-17(24)16(23)12-7-5-4-6-8-12/h4-9H,3,10-11H2,1-2H3,(H,20,24). The summed E-state index contributed by atoms with van der Waals surface area (Å²) in [4.78, 5) is 42.6. The molecule has 0 spiro atoms. The normalized spacial score (nSPS) is 12.7. The summed E-state index contributed by atoms with van der Waals surface area (Å²) >= 11 is 0. The molecule has 7 heteroatoms. The number of nitrogens with one attached hydrogen (secondary N) is 1. The molecular weight excluding hydrogens is 334 g/mol. The largest absolute Gasteiger partial charge is 0.481 e. The van der Waals surface area contributed by atoms with Crippen LogP contribution < -0.4 is 10.1 Å². The van der Waals surface area contributed by atoms with Gasteiger partial charge in [-0.05, 0) is 13.0 Å². The van der Waals surface area contributed by atoms with E-state index in [2.05, 4.69) is 10.3 Å². The van der Waals surface area contributed by atoms with E-state index in [1.54, 1.807) is 41.3 Å². The zero-order valence-corrected chi connectivity index (χ0v) is 14.6. The lowest BCUT2D eigenvalue weighted by Crippen LogP contribution is -2.30. The molecule has 1 aromatic carbocycles. The number of hydrogen-bond donors (Lipinski definition) is 1. The minimum absolute atomic E-state index is 0.0419. The molecule has 0 bridgehead atoms. The summed E-state index contributed by atoms with van der Waals surface area (Å²) in [6.07, 6.45) is 0. The van der Waals surface area contributed by atoms with Gasteiger partial charge in [0.2, 0.25) is 11.7 Å². The molecule has 2 aromatic rings. The SMILES string of the molecule is CCN1Cc2nc(OC)c(CNC(=O)C(=O)c3ccccc3)cc2C1=O. The van der Waals surface area contributed by atoms with Crippen LogP contribution in [0.1, 0.15) is 38.9 Å². The molecule has 0 radical (unpaired) electrons. The highest BCUT2D eigenvalue weighted by Gasteiger charge is 2.29. The molecule has 0 saturated carbocycles. The summed E-state index contributed by atoms with van der Waals surface area (Å²) in [6.45, 7) is 2.98. The van der Waals surface area contributed by atoms with Crippen molar-refractivity contribution in [1.29, 1.82) is 0 Å². The molecule has 7 nitrogen and oxygen atoms in total. The van der Waals surface area contributed by atoms with E-state index in [4.69, 9.17) is 4.74 Å². The summed E-state index contributed by atoms with van der Waals surface area (Å²) in [7, 11) is 1.48. The van der Waals surface area contributed by atoms with Gasteiger partial charge in [-0.1, -0.05) is 30.3 Å². The fraction of sp³-hybridized carbons (Fsp3) is 0.263. The van der Waals surface area contributed by atoms with Gasteiger partial charge in [-0.2, -0.15) is 0 Å². The Hall–Kier alpha value is -3.22. The van der Waals surface area contributed by atoms with E-state index < -0.39 is 11.7 Å². The maximum absolute atomic E-state index is 12.3. The van der Waals surface area contributed by atoms with Crippen molar-refractivity contribution in [3.63, 3.8) is 0 Å². The van der Waals surface area contributed by atoms with Gasteiger partial charge in [-0.25, -0.2) is 4.98 Å². The van der Waals surface area contributed by atoms with E-state index in [9.17, 15) is 14.4 Å². The fourth-order valence-corrected chi connectivity index (χ4v) is 2.84. The summed E-state index contributed by atoms with van der Waals surface area (Å²) in [6, 6.07) is 9.99. The lowest BCUT2D eigenvalue weighted by atomic mass is 10.1. The Bertz CT molecular complexity index is 865. The monoisotopic (exact) mass is 353 g/mol. The maximum Gasteiger partial charge on any atom is 0.292 e. The highest BCUT2D eigenvalue weighted by Crippen LogP contribution is 2.26. The van der Waals surface area contributed by atoms with Crippen LogP contribution >= 0.6 is 0 Å². The number of Topliss-reactive ketones (excluding diaryl/α,β-unsaturated/α-hetero) is 1. The van der Waals surface area contributed by atoms with E-state index in [1.807, 2.05) is 6.92 Å². The quantitative estimate of drug-likeness (QED) is 0.629. The number of methoxy groups -OCH3 is 1. The van der Waals surface area contributed by atoms with Crippen molar-refractivity contribution in [1.82, 2.24) is 15.2 Å². The first-order valence-electron chi connectivity index (χ1n) is 8.28. The summed E-state index contributed by atoms with van der Waals surface area (Å²) in [5.41, 5.74) is 2.03. The maximum atomic E-state index is 12.3. The zero-order valence-electron chi connectivity index (χ0n) is 14.6. The number of carbonyl (C=O) groups excluding carboxylic acids is 3. The van der Waals surface area contributed by atoms with E-state index >= 15 is 0 Å². The van der Waals surface area contributed by atoms with Gasteiger partial charge in [0.15, 0.2) is 0 Å². The Kier molecular flexibility index (Phi) is 4.97. The number of ketones is 1. The van der Waals surface area contributed by atoms with Crippen LogP contribution in [0.3, 0.4) is 0 Å². The summed E-state index contributed by atoms with van der Waals surface area (Å²) in [5, 5.41) is 2.57. The van der Waals surface area contributed by atoms with Crippen molar-refractivity contribution in [3.8, 4) is 5.88 Å². The lowest BCUT2D eigenvalue weighted by Gasteiger charge is -2.10. The Balaban J connectivity index is 1.76. The molecule has 1 aliphatic rings. The lowest BCUT2D eigenvalue weighted by molar-refractivity contribution is -0.117. The van der Waals surface area contributed by atoms with Crippen molar-refractivity contribution < 1.29 is 19.1 Å². The van der Waals surface area contributed by atoms with E-state index in [0.29, 0.717) is 41.4 Å². The number of hydrogen-bond acceptors (Lipinski definition) is 5. The average Bonchev–Trinajstić information content (AvgIpc) is 3.00. The summed E-state index contributed by atoms with van der Waals surface area (Å²) in [5.74, 6) is -1.10. The molecule has 2 heterocycles. The first-order chi connectivity index (χ1) is 12.5. The number of benzene rings is 1. The van der Waals surface area contributed by atoms with Gasteiger partial charge in [0, 0.05) is 24.2 Å². The third-order valence-electron chi connectivity index (χ3n) is 4.26. The molecule has 0 saturated heterocycles. The van der Waals surface area contributed by atoms with Crippen LogP contribution in [-0.2, 0) is 17.9 Å². The third-order valence-corrected chi connectivity index (χ3v) is 4.26. The average molecular weight is 353 g/mol. The predicted molar refractivity (Wildman–Crippen MR) is 93.8 cm³/mol. The molecule has 0 atom stereocenters. The number of amides is 2. The van der Waals surface area contributed by atoms with Crippen LogP contribution in [0.5, 0.6) is 5.88 Å². The Morgan fingerprint density at radius 2 is 2.00 bits per heavy atom. The molecule has 0 aliphatic carbocycles. The van der Waals surface area contributed by atoms with E-state index in [0.717, 1.165) is 0 Å². The van der Waals surface area contributed by atoms with Gasteiger partial charge in [-0.15, -0.1) is 0 Å². The first kappa shape index (κ1) is 17.6. The Morgan fingerprint density at radius 1 is 1.27 bits per heavy atom. The molecule has 134 valence electrons. The molecule has 0 unspecified atom stereocenters. The van der Waals surface area contributed by atoms with Crippen molar-refractivity contribution in [2.45, 2.75) is 20.0 Å². The van der Waals surface area contributed by atoms with Gasteiger partial charge in [0.1, 0.15) is 0 Å². The number of nitrogens with zero attached hydrogens (tertiary/aromatic N) is 2. The van der Waals surface area contributed by atoms with Gasteiger partial charge in [-0.3, -0.25) is 14.4 Å². The Labute approximate surface area is 151 Å². The van der Waals surface area contributed by atoms with Crippen molar-refractivity contribution in [3.05, 3.63) is 58.8 Å². The molecule has 26 heavy (non-hydrogen) atoms. The molecule has 1 N–H and O–H groups in total. The van der Waals surface area contributed by atoms with Gasteiger partial charge in [0.05, 0.1) is 24.9 Å². The number of ether oxygens (including phenoxy) is 1.